The molecule has 0 bridgehead atoms. The number of hydrogen-bond donors (Lipinski definition) is 0. The van der Waals surface area contributed by atoms with Crippen molar-refractivity contribution < 1.29 is 38.1 Å². The molecule has 0 radical (unpaired) electrons. The van der Waals surface area contributed by atoms with Crippen LogP contribution in [-0.2, 0) is 18.9 Å². The van der Waals surface area contributed by atoms with Crippen molar-refractivity contribution in [1.82, 2.24) is 0 Å². The van der Waals surface area contributed by atoms with E-state index in [9.17, 15) is 19.2 Å². The van der Waals surface area contributed by atoms with Crippen LogP contribution in [0.3, 0.4) is 0 Å². The summed E-state index contributed by atoms with van der Waals surface area (Å²) in [4.78, 5) is 53.5. The average Bonchev–Trinajstić information content (AvgIpc) is 3.10. The van der Waals surface area contributed by atoms with Gasteiger partial charge in [0.15, 0.2) is 0 Å². The highest BCUT2D eigenvalue weighted by Crippen LogP contribution is 2.31. The molecule has 0 atom stereocenters. The summed E-state index contributed by atoms with van der Waals surface area (Å²) < 4.78 is 22.4. The predicted octanol–water partition coefficient (Wildman–Crippen LogP) is 10.3. The number of carbonyl (C=O) groups is 4. The summed E-state index contributed by atoms with van der Waals surface area (Å²) in [6.07, 6.45) is 15.1. The minimum atomic E-state index is -0.644. The van der Waals surface area contributed by atoms with E-state index in [0.717, 1.165) is 89.9 Å². The van der Waals surface area contributed by atoms with Gasteiger partial charge in [-0.15, -0.1) is 0 Å². The van der Waals surface area contributed by atoms with Crippen molar-refractivity contribution in [3.8, 4) is 11.1 Å². The van der Waals surface area contributed by atoms with Crippen molar-refractivity contribution in [3.63, 3.8) is 0 Å². The third kappa shape index (κ3) is 14.2. The molecule has 0 aliphatic rings. The predicted molar refractivity (Wildman–Crippen MR) is 190 cm³/mol. The Morgan fingerprint density at radius 2 is 0.854 bits per heavy atom. The third-order valence-electron chi connectivity index (χ3n) is 8.18. The van der Waals surface area contributed by atoms with Crippen LogP contribution >= 0.6 is 0 Å². The van der Waals surface area contributed by atoms with Crippen molar-refractivity contribution >= 4 is 23.9 Å². The van der Waals surface area contributed by atoms with E-state index < -0.39 is 23.9 Å². The molecule has 2 aromatic rings. The van der Waals surface area contributed by atoms with Gasteiger partial charge in [-0.3, -0.25) is 0 Å². The molecule has 0 aliphatic heterocycles. The van der Waals surface area contributed by atoms with E-state index in [1.54, 1.807) is 24.3 Å². The van der Waals surface area contributed by atoms with Gasteiger partial charge in [0.05, 0.1) is 48.7 Å². The van der Waals surface area contributed by atoms with Crippen LogP contribution in [0.2, 0.25) is 0 Å². The lowest BCUT2D eigenvalue weighted by molar-refractivity contribution is 0.0450. The first-order valence-corrected chi connectivity index (χ1v) is 18.3. The van der Waals surface area contributed by atoms with Crippen LogP contribution in [0.15, 0.2) is 36.4 Å². The molecule has 2 rings (SSSR count). The monoisotopic (exact) mass is 666 g/mol. The van der Waals surface area contributed by atoms with Crippen LogP contribution in [0.4, 0.5) is 0 Å². The van der Waals surface area contributed by atoms with E-state index >= 15 is 0 Å². The second-order valence-corrected chi connectivity index (χ2v) is 12.3. The van der Waals surface area contributed by atoms with Crippen LogP contribution < -0.4 is 0 Å². The molecule has 0 aromatic heterocycles. The van der Waals surface area contributed by atoms with Gasteiger partial charge in [-0.25, -0.2) is 19.2 Å². The highest BCUT2D eigenvalue weighted by atomic mass is 16.5. The van der Waals surface area contributed by atoms with Gasteiger partial charge in [-0.2, -0.15) is 0 Å². The lowest BCUT2D eigenvalue weighted by Gasteiger charge is -2.16. The van der Waals surface area contributed by atoms with E-state index in [1.807, 2.05) is 0 Å². The van der Waals surface area contributed by atoms with Gasteiger partial charge < -0.3 is 18.9 Å². The minimum absolute atomic E-state index is 0.0457. The van der Waals surface area contributed by atoms with E-state index in [0.29, 0.717) is 24.0 Å². The highest BCUT2D eigenvalue weighted by Gasteiger charge is 2.26. The molecule has 2 aromatic carbocycles. The van der Waals surface area contributed by atoms with Crippen LogP contribution in [0.5, 0.6) is 0 Å². The van der Waals surface area contributed by atoms with Gasteiger partial charge in [0, 0.05) is 0 Å². The molecule has 8 nitrogen and oxygen atoms in total. The number of hydrogen-bond acceptors (Lipinski definition) is 8. The second kappa shape index (κ2) is 24.5. The number of benzene rings is 2. The van der Waals surface area contributed by atoms with Gasteiger partial charge in [0.2, 0.25) is 0 Å². The molecule has 0 saturated heterocycles. The molecular formula is C40H58O8. The maximum absolute atomic E-state index is 13.6. The van der Waals surface area contributed by atoms with Crippen molar-refractivity contribution in [2.45, 2.75) is 130 Å². The van der Waals surface area contributed by atoms with E-state index in [1.165, 1.54) is 12.1 Å². The van der Waals surface area contributed by atoms with Crippen molar-refractivity contribution in [3.05, 3.63) is 58.7 Å². The summed E-state index contributed by atoms with van der Waals surface area (Å²) in [6, 6.07) is 9.64. The Hall–Kier alpha value is -3.68. The van der Waals surface area contributed by atoms with Crippen molar-refractivity contribution in [2.75, 3.05) is 26.4 Å². The average molecular weight is 667 g/mol. The Labute approximate surface area is 288 Å². The maximum Gasteiger partial charge on any atom is 0.339 e. The summed E-state index contributed by atoms with van der Waals surface area (Å²) in [5, 5.41) is 0. The quantitative estimate of drug-likeness (QED) is 0.0586. The van der Waals surface area contributed by atoms with E-state index in [2.05, 4.69) is 27.7 Å². The Bertz CT molecular complexity index is 1270. The first-order valence-electron chi connectivity index (χ1n) is 18.3. The molecule has 0 spiro atoms. The maximum atomic E-state index is 13.6. The Morgan fingerprint density at radius 3 is 1.31 bits per heavy atom. The zero-order chi connectivity index (χ0) is 35.0. The molecule has 8 heteroatoms. The lowest BCUT2D eigenvalue weighted by Crippen LogP contribution is -2.17. The fraction of sp³-hybridized carbons (Fsp3) is 0.600. The molecule has 48 heavy (non-hydrogen) atoms. The lowest BCUT2D eigenvalue weighted by atomic mass is 9.92. The summed E-state index contributed by atoms with van der Waals surface area (Å²) in [7, 11) is 0. The number of rotatable bonds is 25. The first-order chi connectivity index (χ1) is 23.4. The summed E-state index contributed by atoms with van der Waals surface area (Å²) in [5.41, 5.74) is 1.15. The summed E-state index contributed by atoms with van der Waals surface area (Å²) >= 11 is 0. The fourth-order valence-electron chi connectivity index (χ4n) is 5.32. The standard InChI is InChI=1S/C40H58O8/c1-5-9-13-17-26-45-37(41)33-25-24-31(30-35(33)39(43)47-28-19-15-11-7-3)32-22-21-23-34(38(42)46-27-18-14-10-6-2)36(32)40(44)48-29-20-16-12-8-4/h21-25,30H,5-20,26-29H2,1-4H3. The van der Waals surface area contributed by atoms with Gasteiger partial charge >= 0.3 is 23.9 Å². The van der Waals surface area contributed by atoms with Crippen LogP contribution in [0.25, 0.3) is 11.1 Å². The van der Waals surface area contributed by atoms with Gasteiger partial charge in [-0.05, 0) is 55.0 Å². The molecule has 0 unspecified atom stereocenters. The number of unbranched alkanes of at least 4 members (excludes halogenated alkanes) is 12. The first kappa shape index (κ1) is 40.5. The molecule has 266 valence electrons. The highest BCUT2D eigenvalue weighted by molar-refractivity contribution is 6.09. The largest absolute Gasteiger partial charge is 0.462 e. The topological polar surface area (TPSA) is 105 Å². The fourth-order valence-corrected chi connectivity index (χ4v) is 5.32. The van der Waals surface area contributed by atoms with Crippen molar-refractivity contribution in [2.24, 2.45) is 0 Å². The molecule has 0 amide bonds. The van der Waals surface area contributed by atoms with E-state index in [4.69, 9.17) is 18.9 Å². The molecule has 0 heterocycles. The third-order valence-corrected chi connectivity index (χ3v) is 8.18. The zero-order valence-electron chi connectivity index (χ0n) is 29.9. The number of carbonyl (C=O) groups excluding carboxylic acids is 4. The number of ether oxygens (including phenoxy) is 4. The molecule has 0 aliphatic carbocycles. The molecular weight excluding hydrogens is 608 g/mol. The molecule has 0 N–H and O–H groups in total. The number of esters is 4. The SMILES string of the molecule is CCCCCCOC(=O)c1ccc(-c2cccc(C(=O)OCCCCCC)c2C(=O)OCCCCCC)cc1C(=O)OCCCCCC. The normalized spacial score (nSPS) is 10.8. The molecule has 0 saturated carbocycles. The van der Waals surface area contributed by atoms with Crippen LogP contribution in [0, 0.1) is 0 Å². The minimum Gasteiger partial charge on any atom is -0.462 e. The Kier molecular flexibility index (Phi) is 20.6. The Balaban J connectivity index is 2.49. The summed E-state index contributed by atoms with van der Waals surface area (Å²) in [5.74, 6) is -2.51. The Morgan fingerprint density at radius 1 is 0.438 bits per heavy atom. The smallest absolute Gasteiger partial charge is 0.339 e. The second-order valence-electron chi connectivity index (χ2n) is 12.3. The summed E-state index contributed by atoms with van der Waals surface area (Å²) in [6.45, 7) is 9.39. The van der Waals surface area contributed by atoms with Crippen LogP contribution in [-0.4, -0.2) is 50.3 Å². The van der Waals surface area contributed by atoms with Gasteiger partial charge in [0.1, 0.15) is 0 Å². The zero-order valence-corrected chi connectivity index (χ0v) is 29.9. The van der Waals surface area contributed by atoms with Gasteiger partial charge in [0.25, 0.3) is 0 Å². The van der Waals surface area contributed by atoms with Crippen molar-refractivity contribution in [1.29, 1.82) is 0 Å². The van der Waals surface area contributed by atoms with Gasteiger partial charge in [-0.1, -0.05) is 123 Å². The van der Waals surface area contributed by atoms with E-state index in [-0.39, 0.29) is 48.7 Å². The molecule has 0 fully saturated rings. The van der Waals surface area contributed by atoms with Crippen LogP contribution in [0.1, 0.15) is 172 Å².